The molecule has 0 aliphatic carbocycles. The fourth-order valence-corrected chi connectivity index (χ4v) is 8.77. The minimum Gasteiger partial charge on any atom is -0.731 e. The van der Waals surface area contributed by atoms with Crippen LogP contribution in [0.1, 0.15) is 45.7 Å². The van der Waals surface area contributed by atoms with Gasteiger partial charge < -0.3 is 30.2 Å². The van der Waals surface area contributed by atoms with Crippen LogP contribution in [0.2, 0.25) is 10.0 Å². The summed E-state index contributed by atoms with van der Waals surface area (Å²) < 4.78 is 45.9. The van der Waals surface area contributed by atoms with Crippen LogP contribution in [0.5, 0.6) is 0 Å². The van der Waals surface area contributed by atoms with Gasteiger partial charge in [0.2, 0.25) is 23.6 Å². The number of rotatable bonds is 17. The van der Waals surface area contributed by atoms with E-state index in [-0.39, 0.29) is 42.2 Å². The maximum atomic E-state index is 12.8. The van der Waals surface area contributed by atoms with Crippen LogP contribution in [0.25, 0.3) is 21.5 Å². The van der Waals surface area contributed by atoms with Gasteiger partial charge in [-0.3, -0.25) is 24.4 Å². The van der Waals surface area contributed by atoms with Gasteiger partial charge in [-0.05, 0) is 94.4 Å². The van der Waals surface area contributed by atoms with Crippen molar-refractivity contribution < 1.29 is 36.3 Å². The molecule has 0 saturated carbocycles. The Hall–Kier alpha value is -6.71. The Morgan fingerprint density at radius 3 is 1.49 bits per heavy atom. The molecule has 0 radical (unpaired) electrons. The summed E-state index contributed by atoms with van der Waals surface area (Å²) in [6.45, 7) is 0. The van der Waals surface area contributed by atoms with Crippen LogP contribution in [0.4, 0.5) is 11.4 Å². The standard InChI is InChI=1S/C23H20ClN3O5S2.C23H18ClN3O4S.H3N/c24-17-4-1-3-16(11-17)13-22(28)25-19(20-14-32-23(26-20)21-5-2-10-33-21)12-15-6-8-18(9-7-15)27-34(29,30)31;24-17-4-1-3-16(11-17)13-22(28)25-19(12-15-6-8-18(9-7-15)27(29)30)20-14-31-23(26-20)21-5-2-10-32-21;/h1-11,14,19,27H,12-13H2,(H,25,28)(H,29,30,31);1-11,14,19H,12-13H2,(H,25,28);1H3/t2*19-;/m00./s1. The lowest BCUT2D eigenvalue weighted by molar-refractivity contribution is -0.384. The van der Waals surface area contributed by atoms with Crippen molar-refractivity contribution >= 4 is 79.4 Å². The number of anilines is 1. The van der Waals surface area contributed by atoms with Crippen LogP contribution in [0, 0.1) is 10.1 Å². The van der Waals surface area contributed by atoms with Gasteiger partial charge in [-0.1, -0.05) is 83.9 Å². The quantitative estimate of drug-likeness (QED) is 0.0379. The third-order valence-electron chi connectivity index (χ3n) is 9.62. The molecular weight excluding hydrogens is 962 g/mol. The van der Waals surface area contributed by atoms with E-state index in [0.717, 1.165) is 32.0 Å². The first-order valence-corrected chi connectivity index (χ1v) is 23.8. The Bertz CT molecular complexity index is 3000. The number of hydrogen-bond acceptors (Lipinski definition) is 13. The van der Waals surface area contributed by atoms with Crippen LogP contribution in [-0.4, -0.2) is 39.7 Å². The number of nitro benzene ring substituents is 1. The van der Waals surface area contributed by atoms with E-state index in [2.05, 4.69) is 20.6 Å². The smallest absolute Gasteiger partial charge is 0.269 e. The number of amides is 2. The number of non-ortho nitro benzene ring substituents is 1. The van der Waals surface area contributed by atoms with Crippen molar-refractivity contribution in [2.24, 2.45) is 0 Å². The average molecular weight is 1000 g/mol. The topological polar surface area (TPSA) is 259 Å². The van der Waals surface area contributed by atoms with Gasteiger partial charge in [0.1, 0.15) is 23.9 Å². The highest BCUT2D eigenvalue weighted by Crippen LogP contribution is 2.29. The van der Waals surface area contributed by atoms with Gasteiger partial charge in [0, 0.05) is 27.9 Å². The molecule has 8 aromatic rings. The largest absolute Gasteiger partial charge is 0.731 e. The molecule has 4 aromatic heterocycles. The van der Waals surface area contributed by atoms with Gasteiger partial charge in [0.05, 0.1) is 39.6 Å². The van der Waals surface area contributed by atoms with Crippen molar-refractivity contribution in [3.8, 4) is 21.5 Å². The molecular formula is C46H41Cl2N7O9S3. The number of quaternary nitrogens is 1. The fourth-order valence-electron chi connectivity index (χ4n) is 6.61. The molecule has 2 atom stereocenters. The van der Waals surface area contributed by atoms with Gasteiger partial charge >= 0.3 is 0 Å². The number of carbonyl (C=O) groups excluding carboxylic acids is 2. The van der Waals surface area contributed by atoms with E-state index in [0.29, 0.717) is 46.1 Å². The summed E-state index contributed by atoms with van der Waals surface area (Å²) in [5, 5.41) is 21.9. The Morgan fingerprint density at radius 2 is 1.10 bits per heavy atom. The zero-order valence-corrected chi connectivity index (χ0v) is 39.3. The highest BCUT2D eigenvalue weighted by atomic mass is 35.5. The summed E-state index contributed by atoms with van der Waals surface area (Å²) in [7, 11) is -4.61. The molecule has 0 aliphatic rings. The van der Waals surface area contributed by atoms with Crippen LogP contribution < -0.4 is 21.5 Å². The van der Waals surface area contributed by atoms with E-state index in [9.17, 15) is 32.7 Å². The molecule has 4 heterocycles. The number of halogens is 2. The Kier molecular flexibility index (Phi) is 17.2. The van der Waals surface area contributed by atoms with Gasteiger partial charge in [-0.15, -0.1) is 22.7 Å². The molecule has 67 heavy (non-hydrogen) atoms. The number of hydrogen-bond donors (Lipinski definition) is 4. The van der Waals surface area contributed by atoms with E-state index in [1.165, 1.54) is 59.5 Å². The molecule has 346 valence electrons. The zero-order chi connectivity index (χ0) is 46.6. The average Bonchev–Trinajstić information content (AvgIpc) is 4.12. The predicted molar refractivity (Wildman–Crippen MR) is 258 cm³/mol. The lowest BCUT2D eigenvalue weighted by Gasteiger charge is -2.17. The summed E-state index contributed by atoms with van der Waals surface area (Å²) in [4.78, 5) is 47.0. The Labute approximate surface area is 402 Å². The third kappa shape index (κ3) is 14.9. The summed E-state index contributed by atoms with van der Waals surface area (Å²) in [6, 6.07) is 33.4. The molecule has 0 spiro atoms. The first-order valence-electron chi connectivity index (χ1n) is 19.8. The van der Waals surface area contributed by atoms with E-state index >= 15 is 0 Å². The predicted octanol–water partition coefficient (Wildman–Crippen LogP) is 10.6. The monoisotopic (exact) mass is 1000 g/mol. The summed E-state index contributed by atoms with van der Waals surface area (Å²) in [5.41, 5.74) is 4.48. The molecule has 0 bridgehead atoms. The van der Waals surface area contributed by atoms with Crippen molar-refractivity contribution in [1.82, 2.24) is 26.8 Å². The number of benzene rings is 4. The molecule has 4 aromatic carbocycles. The number of aromatic nitrogens is 2. The molecule has 0 saturated heterocycles. The number of carbonyl (C=O) groups is 2. The zero-order valence-electron chi connectivity index (χ0n) is 35.3. The Balaban J connectivity index is 0.000000218. The molecule has 0 unspecified atom stereocenters. The lowest BCUT2D eigenvalue weighted by atomic mass is 10.0. The third-order valence-corrected chi connectivity index (χ3v) is 12.3. The van der Waals surface area contributed by atoms with Gasteiger partial charge in [0.15, 0.2) is 10.3 Å². The van der Waals surface area contributed by atoms with Crippen molar-refractivity contribution in [3.63, 3.8) is 0 Å². The van der Waals surface area contributed by atoms with Crippen LogP contribution >= 0.6 is 45.9 Å². The SMILES string of the molecule is O=C(Cc1cccc(Cl)c1)N[C@@H](Cc1ccc(NS(=O)(=O)[O-])cc1)c1coc(-c2cccs2)n1.O=C(Cc1cccc(Cl)c1)N[C@@H](Cc1ccc([N+](=O)[O-])cc1)c1coc(-c2cccs2)n1.[NH4+]. The molecule has 2 amide bonds. The molecule has 0 fully saturated rings. The highest BCUT2D eigenvalue weighted by Gasteiger charge is 2.23. The molecule has 21 heteroatoms. The normalized spacial score (nSPS) is 11.9. The van der Waals surface area contributed by atoms with E-state index in [1.807, 2.05) is 51.9 Å². The maximum absolute atomic E-state index is 12.8. The second kappa shape index (κ2) is 23.1. The fraction of sp³-hybridized carbons (Fsp3) is 0.130. The second-order valence-electron chi connectivity index (χ2n) is 14.5. The number of thiophene rings is 2. The van der Waals surface area contributed by atoms with E-state index in [1.54, 1.807) is 60.7 Å². The molecule has 0 aliphatic heterocycles. The van der Waals surface area contributed by atoms with Crippen LogP contribution in [0.15, 0.2) is 153 Å². The highest BCUT2D eigenvalue weighted by molar-refractivity contribution is 7.87. The van der Waals surface area contributed by atoms with E-state index in [4.69, 9.17) is 32.0 Å². The maximum Gasteiger partial charge on any atom is 0.269 e. The van der Waals surface area contributed by atoms with Gasteiger partial charge in [-0.25, -0.2) is 18.4 Å². The molecule has 8 rings (SSSR count). The Morgan fingerprint density at radius 1 is 0.657 bits per heavy atom. The second-order valence-corrected chi connectivity index (χ2v) is 18.4. The van der Waals surface area contributed by atoms with Gasteiger partial charge in [-0.2, -0.15) is 0 Å². The number of nitrogens with zero attached hydrogens (tertiary/aromatic N) is 3. The van der Waals surface area contributed by atoms with Crippen LogP contribution in [-0.2, 0) is 45.6 Å². The lowest BCUT2D eigenvalue weighted by Crippen LogP contribution is -2.31. The number of nitro groups is 1. The minimum absolute atomic E-state index is 0. The first-order chi connectivity index (χ1) is 31.7. The summed E-state index contributed by atoms with van der Waals surface area (Å²) in [5.74, 6) is 0.524. The number of oxazole rings is 2. The number of nitrogens with one attached hydrogen (secondary N) is 3. The van der Waals surface area contributed by atoms with Gasteiger partial charge in [0.25, 0.3) is 5.69 Å². The van der Waals surface area contributed by atoms with E-state index < -0.39 is 27.3 Å². The van der Waals surface area contributed by atoms with Crippen molar-refractivity contribution in [1.29, 1.82) is 0 Å². The summed E-state index contributed by atoms with van der Waals surface area (Å²) in [6.07, 6.45) is 4.10. The molecule has 7 N–H and O–H groups in total. The van der Waals surface area contributed by atoms with Crippen molar-refractivity contribution in [3.05, 3.63) is 198 Å². The van der Waals surface area contributed by atoms with Crippen LogP contribution in [0.3, 0.4) is 0 Å². The van der Waals surface area contributed by atoms with Crippen molar-refractivity contribution in [2.45, 2.75) is 37.8 Å². The first kappa shape index (κ1) is 49.7. The van der Waals surface area contributed by atoms with Crippen molar-refractivity contribution in [2.75, 3.05) is 4.72 Å². The minimum atomic E-state index is -4.61. The molecule has 16 nitrogen and oxygen atoms in total. The summed E-state index contributed by atoms with van der Waals surface area (Å²) >= 11 is 15.0.